The molecule has 1 unspecified atom stereocenters. The van der Waals surface area contributed by atoms with E-state index in [1.54, 1.807) is 48.3 Å². The number of benzene rings is 4. The number of phenols is 2. The number of fused-ring (bicyclic) bond motifs is 5. The van der Waals surface area contributed by atoms with Crippen LogP contribution in [0.2, 0.25) is 0 Å². The van der Waals surface area contributed by atoms with Crippen LogP contribution < -0.4 is 21.7 Å². The van der Waals surface area contributed by atoms with E-state index < -0.39 is 36.4 Å². The van der Waals surface area contributed by atoms with Gasteiger partial charge in [-0.1, -0.05) is 94.6 Å². The summed E-state index contributed by atoms with van der Waals surface area (Å²) in [7, 11) is 1.70. The molecule has 0 fully saturated rings. The molecule has 59 heavy (non-hydrogen) atoms. The van der Waals surface area contributed by atoms with E-state index in [0.29, 0.717) is 28.8 Å². The molecule has 0 aliphatic carbocycles. The fraction of sp³-hybridized carbons (Fsp3) is 0.362. The van der Waals surface area contributed by atoms with Gasteiger partial charge in [-0.25, -0.2) is 4.79 Å². The van der Waals surface area contributed by atoms with Crippen molar-refractivity contribution >= 4 is 23.7 Å². The molecule has 4 aromatic rings. The lowest BCUT2D eigenvalue weighted by molar-refractivity contribution is -0.141. The molecule has 4 bridgehead atoms. The summed E-state index contributed by atoms with van der Waals surface area (Å²) < 4.78 is 0. The van der Waals surface area contributed by atoms with Gasteiger partial charge in [0.15, 0.2) is 0 Å². The normalized spacial score (nSPS) is 15.4. The summed E-state index contributed by atoms with van der Waals surface area (Å²) in [6.07, 6.45) is 9.02. The zero-order chi connectivity index (χ0) is 42.9. The Labute approximate surface area is 347 Å². The van der Waals surface area contributed by atoms with E-state index in [1.165, 1.54) is 30.5 Å². The lowest BCUT2D eigenvalue weighted by Crippen LogP contribution is -2.48. The molecule has 1 heterocycles. The average molecular weight is 806 g/mol. The molecule has 1 aliphatic heterocycles. The van der Waals surface area contributed by atoms with E-state index in [2.05, 4.69) is 54.1 Å². The predicted octanol–water partition coefficient (Wildman–Crippen LogP) is 6.85. The average Bonchev–Trinajstić information content (AvgIpc) is 3.23. The number of nitrogens with two attached hydrogens (primary N) is 1. The van der Waals surface area contributed by atoms with Crippen molar-refractivity contribution in [2.24, 2.45) is 5.73 Å². The molecule has 0 saturated heterocycles. The highest BCUT2D eigenvalue weighted by molar-refractivity contribution is 5.95. The summed E-state index contributed by atoms with van der Waals surface area (Å²) in [6, 6.07) is 22.6. The van der Waals surface area contributed by atoms with Crippen LogP contribution >= 0.6 is 0 Å². The molecule has 12 heteroatoms. The van der Waals surface area contributed by atoms with Gasteiger partial charge in [0.2, 0.25) is 11.8 Å². The summed E-state index contributed by atoms with van der Waals surface area (Å²) in [4.78, 5) is 54.1. The first-order valence-corrected chi connectivity index (χ1v) is 20.4. The minimum atomic E-state index is -1.31. The third-order valence-electron chi connectivity index (χ3n) is 10.2. The molecule has 12 nitrogen and oxygen atoms in total. The van der Waals surface area contributed by atoms with E-state index in [9.17, 15) is 34.5 Å². The standard InChI is InChI=1S/C43H48N4O7.C4H11N/c1-4-6-8-27-10-13-29(14-11-27)30-15-17-31(18-16-30)41(51)44-25-33(9-7-5-2)47(3)40-32-19-21-38(49)35(24-32)34-22-28(12-20-37(34)48)23-36(43(53)54)46-39(50)26-45-42(40)52;1-2-3-4-5/h9-22,24,36,40,48-49H,4-8,23,25-26H2,1-3H3,(H,44,51)(H,45,52)(H,46,50)(H,53,54);2-5H2,1H3/b33-9+;/t36-,40?;/m0./s1. The molecule has 8 N–H and O–H groups in total. The number of aryl methyl sites for hydroxylation is 1. The van der Waals surface area contributed by atoms with Crippen molar-refractivity contribution in [1.82, 2.24) is 20.9 Å². The summed E-state index contributed by atoms with van der Waals surface area (Å²) in [6.45, 7) is 6.76. The Balaban J connectivity index is 0.00000145. The van der Waals surface area contributed by atoms with Gasteiger partial charge in [-0.2, -0.15) is 0 Å². The number of allylic oxidation sites excluding steroid dienone is 1. The minimum absolute atomic E-state index is 0.0780. The third kappa shape index (κ3) is 12.9. The molecule has 0 radical (unpaired) electrons. The molecule has 0 aromatic heterocycles. The lowest BCUT2D eigenvalue weighted by Gasteiger charge is -2.32. The van der Waals surface area contributed by atoms with Gasteiger partial charge in [0.1, 0.15) is 23.6 Å². The van der Waals surface area contributed by atoms with Crippen molar-refractivity contribution in [3.63, 3.8) is 0 Å². The Morgan fingerprint density at radius 1 is 0.847 bits per heavy atom. The molecule has 3 amide bonds. The second-order valence-electron chi connectivity index (χ2n) is 14.7. The van der Waals surface area contributed by atoms with Crippen LogP contribution in [-0.2, 0) is 27.2 Å². The predicted molar refractivity (Wildman–Crippen MR) is 232 cm³/mol. The number of carboxylic acid groups (broad SMARTS) is 1. The fourth-order valence-corrected chi connectivity index (χ4v) is 6.71. The Bertz CT molecular complexity index is 2060. The number of unbranched alkanes of at least 4 members (excludes halogenated alkanes) is 3. The van der Waals surface area contributed by atoms with Gasteiger partial charge in [-0.3, -0.25) is 14.4 Å². The van der Waals surface area contributed by atoms with Gasteiger partial charge in [-0.05, 0) is 96.4 Å². The number of nitrogens with one attached hydrogen (secondary N) is 3. The maximum atomic E-state index is 14.0. The summed E-state index contributed by atoms with van der Waals surface area (Å²) in [5.41, 5.74) is 11.0. The van der Waals surface area contributed by atoms with E-state index in [1.807, 2.05) is 25.1 Å². The number of carboxylic acids is 1. The zero-order valence-electron chi connectivity index (χ0n) is 34.6. The van der Waals surface area contributed by atoms with Crippen molar-refractivity contribution < 1.29 is 34.5 Å². The quantitative estimate of drug-likeness (QED) is 0.0714. The van der Waals surface area contributed by atoms with Crippen LogP contribution in [0.25, 0.3) is 22.3 Å². The van der Waals surface area contributed by atoms with E-state index in [-0.39, 0.29) is 41.5 Å². The molecular formula is C47H59N5O7. The third-order valence-corrected chi connectivity index (χ3v) is 10.2. The second kappa shape index (κ2) is 22.7. The number of phenolic OH excluding ortho intramolecular Hbond substituents is 2. The Hall–Kier alpha value is -6.14. The van der Waals surface area contributed by atoms with Crippen LogP contribution in [0.1, 0.15) is 92.4 Å². The van der Waals surface area contributed by atoms with Gasteiger partial charge in [0, 0.05) is 35.9 Å². The maximum absolute atomic E-state index is 14.0. The summed E-state index contributed by atoms with van der Waals surface area (Å²) in [5, 5.41) is 39.7. The minimum Gasteiger partial charge on any atom is -0.507 e. The van der Waals surface area contributed by atoms with Crippen LogP contribution in [-0.4, -0.2) is 76.6 Å². The van der Waals surface area contributed by atoms with Gasteiger partial charge >= 0.3 is 5.97 Å². The number of hydrogen-bond donors (Lipinski definition) is 7. The number of rotatable bonds is 14. The Morgan fingerprint density at radius 2 is 1.47 bits per heavy atom. The lowest BCUT2D eigenvalue weighted by atomic mass is 9.94. The van der Waals surface area contributed by atoms with Crippen LogP contribution in [0.3, 0.4) is 0 Å². The van der Waals surface area contributed by atoms with Crippen molar-refractivity contribution in [1.29, 1.82) is 0 Å². The van der Waals surface area contributed by atoms with Crippen molar-refractivity contribution in [2.45, 2.75) is 84.2 Å². The zero-order valence-corrected chi connectivity index (χ0v) is 34.6. The highest BCUT2D eigenvalue weighted by Gasteiger charge is 2.30. The van der Waals surface area contributed by atoms with Crippen LogP contribution in [0, 0.1) is 0 Å². The molecule has 5 rings (SSSR count). The topological polar surface area (TPSA) is 194 Å². The van der Waals surface area contributed by atoms with Crippen molar-refractivity contribution in [3.8, 4) is 33.8 Å². The molecule has 314 valence electrons. The highest BCUT2D eigenvalue weighted by atomic mass is 16.4. The molecule has 0 saturated carbocycles. The largest absolute Gasteiger partial charge is 0.507 e. The van der Waals surface area contributed by atoms with Crippen molar-refractivity contribution in [2.75, 3.05) is 26.7 Å². The number of amides is 3. The number of aliphatic carboxylic acids is 1. The number of nitrogens with zero attached hydrogens (tertiary/aromatic N) is 1. The number of carbonyl (C=O) groups is 4. The first-order chi connectivity index (χ1) is 28.4. The van der Waals surface area contributed by atoms with Gasteiger partial charge in [-0.15, -0.1) is 0 Å². The Kier molecular flexibility index (Phi) is 17.5. The van der Waals surface area contributed by atoms with Crippen LogP contribution in [0.4, 0.5) is 0 Å². The molecule has 0 spiro atoms. The monoisotopic (exact) mass is 805 g/mol. The van der Waals surface area contributed by atoms with Gasteiger partial charge < -0.3 is 41.9 Å². The Morgan fingerprint density at radius 3 is 2.07 bits per heavy atom. The first kappa shape index (κ1) is 45.6. The SMILES string of the molecule is CCC/C=C(\CNC(=O)c1ccc(-c2ccc(CCCC)cc2)cc1)N(C)C1C(=O)NCC(=O)N[C@H](C(=O)O)Cc2ccc(O)c(c2)-c2cc1ccc2O.CCCCN. The summed E-state index contributed by atoms with van der Waals surface area (Å²) >= 11 is 0. The fourth-order valence-electron chi connectivity index (χ4n) is 6.71. The van der Waals surface area contributed by atoms with Gasteiger partial charge in [0.25, 0.3) is 5.91 Å². The van der Waals surface area contributed by atoms with E-state index in [4.69, 9.17) is 5.73 Å². The molecule has 1 aliphatic rings. The van der Waals surface area contributed by atoms with E-state index in [0.717, 1.165) is 43.4 Å². The van der Waals surface area contributed by atoms with Crippen LogP contribution in [0.15, 0.2) is 96.7 Å². The van der Waals surface area contributed by atoms with Crippen molar-refractivity contribution in [3.05, 3.63) is 119 Å². The number of likely N-dealkylation sites (N-methyl/N-ethyl adjacent to an activating group) is 1. The molecular weight excluding hydrogens is 747 g/mol. The number of hydrogen-bond acceptors (Lipinski definition) is 8. The molecule has 4 aromatic carbocycles. The number of carbonyl (C=O) groups excluding carboxylic acids is 3. The highest BCUT2D eigenvalue weighted by Crippen LogP contribution is 2.39. The maximum Gasteiger partial charge on any atom is 0.326 e. The summed E-state index contributed by atoms with van der Waals surface area (Å²) in [5.74, 6) is -3.16. The first-order valence-electron chi connectivity index (χ1n) is 20.4. The second-order valence-corrected chi connectivity index (χ2v) is 14.7. The van der Waals surface area contributed by atoms with Gasteiger partial charge in [0.05, 0.1) is 13.1 Å². The smallest absolute Gasteiger partial charge is 0.326 e. The number of aromatic hydroxyl groups is 2. The molecule has 2 atom stereocenters. The van der Waals surface area contributed by atoms with Crippen LogP contribution in [0.5, 0.6) is 11.5 Å². The van der Waals surface area contributed by atoms with E-state index >= 15 is 0 Å².